The molecule has 1 atom stereocenters. The number of carboxylic acids is 1. The molecule has 1 N–H and O–H groups in total. The fraction of sp³-hybridized carbons (Fsp3) is 0.467. The second kappa shape index (κ2) is 7.64. The third-order valence-electron chi connectivity index (χ3n) is 3.29. The zero-order valence-corrected chi connectivity index (χ0v) is 11.7. The Morgan fingerprint density at radius 1 is 1.48 bits per heavy atom. The summed E-state index contributed by atoms with van der Waals surface area (Å²) in [6.07, 6.45) is 6.30. The summed E-state index contributed by atoms with van der Waals surface area (Å²) < 4.78 is 10.6. The number of amides is 1. The fourth-order valence-corrected chi connectivity index (χ4v) is 2.20. The number of carboxylic acid groups (broad SMARTS) is 1. The predicted octanol–water partition coefficient (Wildman–Crippen LogP) is 1.78. The summed E-state index contributed by atoms with van der Waals surface area (Å²) in [5.74, 6) is -0.572. The SMILES string of the molecule is O=C(O)CCN(CC1CCCO1)C(=O)/C=C/c1ccco1. The number of hydrogen-bond acceptors (Lipinski definition) is 4. The van der Waals surface area contributed by atoms with E-state index in [0.717, 1.165) is 12.8 Å². The zero-order chi connectivity index (χ0) is 15.1. The highest BCUT2D eigenvalue weighted by atomic mass is 16.5. The molecular formula is C15H19NO5. The van der Waals surface area contributed by atoms with Gasteiger partial charge in [-0.2, -0.15) is 0 Å². The number of furan rings is 1. The van der Waals surface area contributed by atoms with Gasteiger partial charge >= 0.3 is 5.97 Å². The molecule has 0 bridgehead atoms. The molecule has 2 heterocycles. The van der Waals surface area contributed by atoms with Crippen LogP contribution in [0.2, 0.25) is 0 Å². The molecule has 6 heteroatoms. The maximum absolute atomic E-state index is 12.2. The number of rotatable bonds is 7. The second-order valence-corrected chi connectivity index (χ2v) is 4.91. The number of carbonyl (C=O) groups excluding carboxylic acids is 1. The van der Waals surface area contributed by atoms with Gasteiger partial charge in [0.2, 0.25) is 5.91 Å². The van der Waals surface area contributed by atoms with Crippen LogP contribution in [0.4, 0.5) is 0 Å². The lowest BCUT2D eigenvalue weighted by atomic mass is 10.2. The van der Waals surface area contributed by atoms with Gasteiger partial charge in [-0.1, -0.05) is 0 Å². The average molecular weight is 293 g/mol. The first kappa shape index (κ1) is 15.3. The fourth-order valence-electron chi connectivity index (χ4n) is 2.20. The molecule has 0 aliphatic carbocycles. The van der Waals surface area contributed by atoms with Crippen LogP contribution in [0.5, 0.6) is 0 Å². The Kier molecular flexibility index (Phi) is 5.57. The highest BCUT2D eigenvalue weighted by molar-refractivity contribution is 5.91. The van der Waals surface area contributed by atoms with Crippen LogP contribution in [0.3, 0.4) is 0 Å². The van der Waals surface area contributed by atoms with E-state index in [1.165, 1.54) is 17.2 Å². The molecule has 6 nitrogen and oxygen atoms in total. The van der Waals surface area contributed by atoms with Crippen molar-refractivity contribution in [3.63, 3.8) is 0 Å². The molecule has 0 spiro atoms. The molecular weight excluding hydrogens is 274 g/mol. The van der Waals surface area contributed by atoms with E-state index < -0.39 is 5.97 Å². The molecule has 1 unspecified atom stereocenters. The molecule has 1 aliphatic heterocycles. The Labute approximate surface area is 123 Å². The van der Waals surface area contributed by atoms with E-state index in [2.05, 4.69) is 0 Å². The van der Waals surface area contributed by atoms with Gasteiger partial charge in [0.05, 0.1) is 18.8 Å². The van der Waals surface area contributed by atoms with Gasteiger partial charge in [0.25, 0.3) is 0 Å². The molecule has 1 fully saturated rings. The molecule has 1 aromatic heterocycles. The minimum atomic E-state index is -0.921. The van der Waals surface area contributed by atoms with Gasteiger partial charge in [-0.3, -0.25) is 9.59 Å². The van der Waals surface area contributed by atoms with Crippen molar-refractivity contribution >= 4 is 18.0 Å². The van der Waals surface area contributed by atoms with Crippen LogP contribution in [0, 0.1) is 0 Å². The lowest BCUT2D eigenvalue weighted by Gasteiger charge is -2.23. The van der Waals surface area contributed by atoms with Gasteiger partial charge in [0.1, 0.15) is 5.76 Å². The largest absolute Gasteiger partial charge is 0.481 e. The minimum Gasteiger partial charge on any atom is -0.481 e. The van der Waals surface area contributed by atoms with Gasteiger partial charge in [-0.05, 0) is 31.1 Å². The van der Waals surface area contributed by atoms with Gasteiger partial charge in [0.15, 0.2) is 0 Å². The summed E-state index contributed by atoms with van der Waals surface area (Å²) in [6, 6.07) is 3.48. The standard InChI is InChI=1S/C15H19NO5/c17-14(6-5-12-3-1-9-20-12)16(8-7-15(18)19)11-13-4-2-10-21-13/h1,3,5-6,9,13H,2,4,7-8,10-11H2,(H,18,19)/b6-5+. The minimum absolute atomic E-state index is 0.000224. The topological polar surface area (TPSA) is 80.0 Å². The summed E-state index contributed by atoms with van der Waals surface area (Å²) in [6.45, 7) is 1.30. The van der Waals surface area contributed by atoms with E-state index in [1.54, 1.807) is 18.2 Å². The number of nitrogens with zero attached hydrogens (tertiary/aromatic N) is 1. The number of hydrogen-bond donors (Lipinski definition) is 1. The highest BCUT2D eigenvalue weighted by Crippen LogP contribution is 2.14. The van der Waals surface area contributed by atoms with Gasteiger partial charge in [-0.25, -0.2) is 0 Å². The maximum Gasteiger partial charge on any atom is 0.305 e. The van der Waals surface area contributed by atoms with E-state index in [-0.39, 0.29) is 25.0 Å². The van der Waals surface area contributed by atoms with E-state index in [9.17, 15) is 9.59 Å². The lowest BCUT2D eigenvalue weighted by molar-refractivity contribution is -0.138. The van der Waals surface area contributed by atoms with Crippen LogP contribution in [-0.4, -0.2) is 47.7 Å². The predicted molar refractivity (Wildman–Crippen MR) is 75.5 cm³/mol. The summed E-state index contributed by atoms with van der Waals surface area (Å²) in [7, 11) is 0. The van der Waals surface area contributed by atoms with Crippen molar-refractivity contribution in [1.82, 2.24) is 4.90 Å². The Bertz CT molecular complexity index is 488. The Morgan fingerprint density at radius 2 is 2.33 bits per heavy atom. The van der Waals surface area contributed by atoms with E-state index in [1.807, 2.05) is 0 Å². The van der Waals surface area contributed by atoms with Gasteiger partial charge < -0.3 is 19.2 Å². The lowest BCUT2D eigenvalue weighted by Crippen LogP contribution is -2.37. The van der Waals surface area contributed by atoms with Gasteiger partial charge in [-0.15, -0.1) is 0 Å². The Morgan fingerprint density at radius 3 is 2.95 bits per heavy atom. The normalized spacial score (nSPS) is 18.2. The number of carbonyl (C=O) groups is 2. The number of aliphatic carboxylic acids is 1. The smallest absolute Gasteiger partial charge is 0.305 e. The molecule has 0 radical (unpaired) electrons. The van der Waals surface area contributed by atoms with Gasteiger partial charge in [0, 0.05) is 25.8 Å². The van der Waals surface area contributed by atoms with E-state index in [4.69, 9.17) is 14.3 Å². The third kappa shape index (κ3) is 5.07. The first-order valence-electron chi connectivity index (χ1n) is 6.99. The zero-order valence-electron chi connectivity index (χ0n) is 11.7. The molecule has 21 heavy (non-hydrogen) atoms. The summed E-state index contributed by atoms with van der Waals surface area (Å²) in [4.78, 5) is 24.4. The monoisotopic (exact) mass is 293 g/mol. The molecule has 2 rings (SSSR count). The first-order valence-corrected chi connectivity index (χ1v) is 6.99. The highest BCUT2D eigenvalue weighted by Gasteiger charge is 2.21. The van der Waals surface area contributed by atoms with Crippen LogP contribution in [-0.2, 0) is 14.3 Å². The van der Waals surface area contributed by atoms with Crippen molar-refractivity contribution in [3.05, 3.63) is 30.2 Å². The van der Waals surface area contributed by atoms with E-state index in [0.29, 0.717) is 18.9 Å². The molecule has 114 valence electrons. The molecule has 1 saturated heterocycles. The Balaban J connectivity index is 1.94. The van der Waals surface area contributed by atoms with Crippen molar-refractivity contribution in [2.24, 2.45) is 0 Å². The van der Waals surface area contributed by atoms with Crippen LogP contribution < -0.4 is 0 Å². The van der Waals surface area contributed by atoms with Crippen LogP contribution >= 0.6 is 0 Å². The Hall–Kier alpha value is -2.08. The molecule has 1 aliphatic rings. The van der Waals surface area contributed by atoms with Crippen molar-refractivity contribution < 1.29 is 23.8 Å². The molecule has 0 saturated carbocycles. The summed E-state index contributed by atoms with van der Waals surface area (Å²) in [5, 5.41) is 8.78. The summed E-state index contributed by atoms with van der Waals surface area (Å²) in [5.41, 5.74) is 0. The first-order chi connectivity index (χ1) is 10.1. The molecule has 0 aromatic carbocycles. The summed E-state index contributed by atoms with van der Waals surface area (Å²) >= 11 is 0. The quantitative estimate of drug-likeness (QED) is 0.775. The van der Waals surface area contributed by atoms with Crippen LogP contribution in [0.1, 0.15) is 25.0 Å². The molecule has 1 aromatic rings. The average Bonchev–Trinajstić information content (AvgIpc) is 3.13. The third-order valence-corrected chi connectivity index (χ3v) is 3.29. The second-order valence-electron chi connectivity index (χ2n) is 4.91. The molecule has 1 amide bonds. The number of ether oxygens (including phenoxy) is 1. The van der Waals surface area contributed by atoms with Crippen molar-refractivity contribution in [1.29, 1.82) is 0 Å². The maximum atomic E-state index is 12.2. The van der Waals surface area contributed by atoms with Crippen molar-refractivity contribution in [3.8, 4) is 0 Å². The van der Waals surface area contributed by atoms with Crippen molar-refractivity contribution in [2.75, 3.05) is 19.7 Å². The van der Waals surface area contributed by atoms with Crippen LogP contribution in [0.25, 0.3) is 6.08 Å². The van der Waals surface area contributed by atoms with Crippen molar-refractivity contribution in [2.45, 2.75) is 25.4 Å². The van der Waals surface area contributed by atoms with E-state index >= 15 is 0 Å². The van der Waals surface area contributed by atoms with Crippen LogP contribution in [0.15, 0.2) is 28.9 Å².